The number of carbonyl (C=O) groups excluding carboxylic acids is 1. The molecule has 1 aromatic heterocycles. The zero-order valence-corrected chi connectivity index (χ0v) is 12.3. The Balaban J connectivity index is 0.00000256. The Labute approximate surface area is 123 Å². The molecular formula is C9H11N3O4Y. The molecule has 8 heteroatoms. The van der Waals surface area contributed by atoms with E-state index in [1.807, 2.05) is 0 Å². The van der Waals surface area contributed by atoms with Crippen molar-refractivity contribution in [2.75, 3.05) is 14.2 Å². The number of esters is 1. The van der Waals surface area contributed by atoms with Gasteiger partial charge in [0.15, 0.2) is 5.71 Å². The zero-order chi connectivity index (χ0) is 12.0. The van der Waals surface area contributed by atoms with E-state index in [0.717, 1.165) is 0 Å². The van der Waals surface area contributed by atoms with E-state index in [0.29, 0.717) is 0 Å². The van der Waals surface area contributed by atoms with Gasteiger partial charge in [-0.05, 0) is 0 Å². The molecular weight excluding hydrogens is 303 g/mol. The van der Waals surface area contributed by atoms with Gasteiger partial charge in [-0.25, -0.2) is 14.8 Å². The maximum atomic E-state index is 11.4. The van der Waals surface area contributed by atoms with Crippen LogP contribution in [0.2, 0.25) is 0 Å². The van der Waals surface area contributed by atoms with Crippen LogP contribution in [0.3, 0.4) is 0 Å². The molecule has 0 saturated carbocycles. The van der Waals surface area contributed by atoms with E-state index in [-0.39, 0.29) is 56.3 Å². The van der Waals surface area contributed by atoms with Gasteiger partial charge in [0.2, 0.25) is 0 Å². The van der Waals surface area contributed by atoms with Gasteiger partial charge in [-0.2, -0.15) is 0 Å². The number of aliphatic hydroxyl groups excluding tert-OH is 1. The Hall–Kier alpha value is -0.916. The summed E-state index contributed by atoms with van der Waals surface area (Å²) in [6.07, 6.45) is 2.62. The van der Waals surface area contributed by atoms with Crippen LogP contribution >= 0.6 is 0 Å². The third-order valence-electron chi connectivity index (χ3n) is 1.76. The average Bonchev–Trinajstić information content (AvgIpc) is 2.35. The zero-order valence-electron chi connectivity index (χ0n) is 9.45. The Kier molecular flexibility index (Phi) is 7.77. The molecule has 0 fully saturated rings. The maximum Gasteiger partial charge on any atom is 0.360 e. The molecule has 89 valence electrons. The van der Waals surface area contributed by atoms with Crippen molar-refractivity contribution in [1.29, 1.82) is 0 Å². The predicted octanol–water partition coefficient (Wildman–Crippen LogP) is -0.510. The molecule has 0 aromatic carbocycles. The van der Waals surface area contributed by atoms with Crippen LogP contribution in [0, 0.1) is 0 Å². The number of aliphatic hydroxyl groups is 1. The summed E-state index contributed by atoms with van der Waals surface area (Å²) in [6, 6.07) is 0. The first-order chi connectivity index (χ1) is 7.74. The van der Waals surface area contributed by atoms with Crippen LogP contribution in [-0.2, 0) is 53.7 Å². The minimum Gasteiger partial charge on any atom is -0.464 e. The topological polar surface area (TPSA) is 93.9 Å². The molecule has 1 rings (SSSR count). The van der Waals surface area contributed by atoms with Gasteiger partial charge in [-0.3, -0.25) is 0 Å². The van der Waals surface area contributed by atoms with Gasteiger partial charge in [-0.15, -0.1) is 0 Å². The molecule has 1 aromatic rings. The number of hydrogen-bond donors (Lipinski definition) is 1. The van der Waals surface area contributed by atoms with Crippen molar-refractivity contribution in [3.05, 3.63) is 23.8 Å². The van der Waals surface area contributed by atoms with Crippen LogP contribution in [0.5, 0.6) is 0 Å². The van der Waals surface area contributed by atoms with Gasteiger partial charge in [0.25, 0.3) is 0 Å². The van der Waals surface area contributed by atoms with Crippen LogP contribution < -0.4 is 0 Å². The largest absolute Gasteiger partial charge is 0.464 e. The van der Waals surface area contributed by atoms with Crippen LogP contribution in [0.4, 0.5) is 0 Å². The van der Waals surface area contributed by atoms with Crippen molar-refractivity contribution in [2.45, 2.75) is 6.61 Å². The van der Waals surface area contributed by atoms with Gasteiger partial charge in [0.05, 0.1) is 25.0 Å². The fourth-order valence-electron chi connectivity index (χ4n) is 1.06. The number of oxime groups is 1. The van der Waals surface area contributed by atoms with Gasteiger partial charge >= 0.3 is 5.97 Å². The second-order valence-electron chi connectivity index (χ2n) is 2.66. The molecule has 17 heavy (non-hydrogen) atoms. The van der Waals surface area contributed by atoms with Crippen LogP contribution in [0.15, 0.2) is 17.7 Å². The molecule has 0 aliphatic heterocycles. The Bertz CT molecular complexity index is 411. The third-order valence-corrected chi connectivity index (χ3v) is 1.76. The first-order valence-corrected chi connectivity index (χ1v) is 4.34. The number of aromatic nitrogens is 2. The van der Waals surface area contributed by atoms with E-state index < -0.39 is 5.97 Å². The number of methoxy groups -OCH3 is 1. The number of hydrogen-bond acceptors (Lipinski definition) is 7. The Morgan fingerprint density at radius 2 is 2.24 bits per heavy atom. The summed E-state index contributed by atoms with van der Waals surface area (Å²) in [4.78, 5) is 23.5. The van der Waals surface area contributed by atoms with Crippen molar-refractivity contribution in [3.63, 3.8) is 0 Å². The fraction of sp³-hybridized carbons (Fsp3) is 0.333. The van der Waals surface area contributed by atoms with E-state index in [4.69, 9.17) is 5.11 Å². The number of nitrogens with zero attached hydrogens (tertiary/aromatic N) is 3. The van der Waals surface area contributed by atoms with E-state index in [9.17, 15) is 4.79 Å². The van der Waals surface area contributed by atoms with E-state index in [2.05, 4.69) is 24.7 Å². The average molecular weight is 314 g/mol. The minimum atomic E-state index is -0.689. The number of rotatable bonds is 4. The van der Waals surface area contributed by atoms with E-state index in [1.165, 1.54) is 26.7 Å². The molecule has 0 unspecified atom stereocenters. The Morgan fingerprint density at radius 3 is 2.76 bits per heavy atom. The molecule has 0 spiro atoms. The number of carbonyl (C=O) groups is 1. The van der Waals surface area contributed by atoms with Gasteiger partial charge in [0, 0.05) is 38.9 Å². The monoisotopic (exact) mass is 314 g/mol. The molecule has 1 heterocycles. The Morgan fingerprint density at radius 1 is 1.53 bits per heavy atom. The van der Waals surface area contributed by atoms with Crippen molar-refractivity contribution >= 4 is 11.7 Å². The standard InChI is InChI=1S/C9H11N3O4.Y/c1-15-9(14)8(12-16-2)6-3-10-5-11-7(6)4-13;/h3,5,13H,4H2,1-2H3;/b12-8+;. The van der Waals surface area contributed by atoms with Gasteiger partial charge in [0.1, 0.15) is 13.4 Å². The number of ether oxygens (including phenoxy) is 1. The fourth-order valence-corrected chi connectivity index (χ4v) is 1.06. The van der Waals surface area contributed by atoms with Crippen molar-refractivity contribution < 1.29 is 52.2 Å². The summed E-state index contributed by atoms with van der Waals surface area (Å²) in [6.45, 7) is -0.336. The first kappa shape index (κ1) is 16.1. The third kappa shape index (κ3) is 4.10. The van der Waals surface area contributed by atoms with Gasteiger partial charge < -0.3 is 14.7 Å². The quantitative estimate of drug-likeness (QED) is 0.457. The van der Waals surface area contributed by atoms with E-state index in [1.54, 1.807) is 0 Å². The molecule has 1 N–H and O–H groups in total. The normalized spacial score (nSPS) is 10.4. The molecule has 0 amide bonds. The predicted molar refractivity (Wildman–Crippen MR) is 53.5 cm³/mol. The van der Waals surface area contributed by atoms with Crippen molar-refractivity contribution in [3.8, 4) is 0 Å². The first-order valence-electron chi connectivity index (χ1n) is 4.34. The summed E-state index contributed by atoms with van der Waals surface area (Å²) >= 11 is 0. The van der Waals surface area contributed by atoms with Gasteiger partial charge in [-0.1, -0.05) is 5.16 Å². The molecule has 7 nitrogen and oxygen atoms in total. The second kappa shape index (κ2) is 8.22. The smallest absolute Gasteiger partial charge is 0.360 e. The van der Waals surface area contributed by atoms with Crippen molar-refractivity contribution in [2.24, 2.45) is 5.16 Å². The molecule has 0 aliphatic rings. The molecule has 0 atom stereocenters. The maximum absolute atomic E-state index is 11.4. The van der Waals surface area contributed by atoms with Crippen LogP contribution in [0.25, 0.3) is 0 Å². The molecule has 0 aliphatic carbocycles. The molecule has 0 bridgehead atoms. The summed E-state index contributed by atoms with van der Waals surface area (Å²) in [5.74, 6) is -0.689. The summed E-state index contributed by atoms with van der Waals surface area (Å²) in [5.41, 5.74) is 0.463. The van der Waals surface area contributed by atoms with Crippen LogP contribution in [-0.4, -0.2) is 41.0 Å². The van der Waals surface area contributed by atoms with E-state index >= 15 is 0 Å². The minimum absolute atomic E-state index is 0. The van der Waals surface area contributed by atoms with Crippen molar-refractivity contribution in [1.82, 2.24) is 9.97 Å². The second-order valence-corrected chi connectivity index (χ2v) is 2.66. The molecule has 0 saturated heterocycles. The summed E-state index contributed by atoms with van der Waals surface area (Å²) < 4.78 is 4.53. The van der Waals surface area contributed by atoms with Crippen LogP contribution in [0.1, 0.15) is 11.3 Å². The summed E-state index contributed by atoms with van der Waals surface area (Å²) in [5, 5.41) is 12.6. The SMILES string of the molecule is CO/N=C(/C(=O)OC)c1cncnc1CO.[Y]. The molecule has 1 radical (unpaired) electrons. The summed E-state index contributed by atoms with van der Waals surface area (Å²) in [7, 11) is 2.52.